The standard InChI is InChI=1S/C15H22FN3S/c1-12-5-6-13(11-14(12)16)18-15(20)17-7-4-10-19-8-2-3-9-19/h5-6,11H,2-4,7-10H2,1H3,(H2,17,18,20). The average molecular weight is 295 g/mol. The largest absolute Gasteiger partial charge is 0.362 e. The van der Waals surface area contributed by atoms with E-state index < -0.39 is 0 Å². The molecule has 0 aromatic heterocycles. The zero-order valence-corrected chi connectivity index (χ0v) is 12.7. The molecule has 0 spiro atoms. The predicted octanol–water partition coefficient (Wildman–Crippen LogP) is 2.91. The van der Waals surface area contributed by atoms with Gasteiger partial charge < -0.3 is 15.5 Å². The highest BCUT2D eigenvalue weighted by molar-refractivity contribution is 7.80. The minimum Gasteiger partial charge on any atom is -0.362 e. The molecule has 110 valence electrons. The van der Waals surface area contributed by atoms with Crippen molar-refractivity contribution in [1.29, 1.82) is 0 Å². The summed E-state index contributed by atoms with van der Waals surface area (Å²) in [6.45, 7) is 6.16. The normalized spacial score (nSPS) is 15.3. The molecule has 1 fully saturated rings. The third-order valence-electron chi connectivity index (χ3n) is 3.57. The lowest BCUT2D eigenvalue weighted by atomic mass is 10.2. The summed E-state index contributed by atoms with van der Waals surface area (Å²) in [5.74, 6) is -0.216. The molecule has 0 bridgehead atoms. The van der Waals surface area contributed by atoms with Crippen LogP contribution in [0.3, 0.4) is 0 Å². The van der Waals surface area contributed by atoms with E-state index in [1.807, 2.05) is 6.07 Å². The van der Waals surface area contributed by atoms with Gasteiger partial charge in [-0.05, 0) is 75.7 Å². The summed E-state index contributed by atoms with van der Waals surface area (Å²) in [6, 6.07) is 5.04. The number of likely N-dealkylation sites (tertiary alicyclic amines) is 1. The molecule has 1 aromatic carbocycles. The van der Waals surface area contributed by atoms with Crippen LogP contribution in [-0.4, -0.2) is 36.2 Å². The van der Waals surface area contributed by atoms with Crippen molar-refractivity contribution in [3.05, 3.63) is 29.6 Å². The highest BCUT2D eigenvalue weighted by Crippen LogP contribution is 2.13. The molecule has 0 unspecified atom stereocenters. The number of benzene rings is 1. The Morgan fingerprint density at radius 3 is 2.80 bits per heavy atom. The van der Waals surface area contributed by atoms with Gasteiger partial charge in [0.2, 0.25) is 0 Å². The quantitative estimate of drug-likeness (QED) is 0.645. The summed E-state index contributed by atoms with van der Waals surface area (Å²) in [7, 11) is 0. The maximum absolute atomic E-state index is 13.4. The molecule has 0 aliphatic carbocycles. The summed E-state index contributed by atoms with van der Waals surface area (Å²) in [6.07, 6.45) is 3.73. The molecule has 0 radical (unpaired) electrons. The number of thiocarbonyl (C=S) groups is 1. The van der Waals surface area contributed by atoms with E-state index in [-0.39, 0.29) is 5.82 Å². The van der Waals surface area contributed by atoms with Crippen LogP contribution >= 0.6 is 12.2 Å². The Hall–Kier alpha value is -1.20. The van der Waals surface area contributed by atoms with Gasteiger partial charge in [0.05, 0.1) is 0 Å². The molecular formula is C15H22FN3S. The lowest BCUT2D eigenvalue weighted by Gasteiger charge is -2.15. The SMILES string of the molecule is Cc1ccc(NC(=S)NCCCN2CCCC2)cc1F. The molecular weight excluding hydrogens is 273 g/mol. The van der Waals surface area contributed by atoms with Gasteiger partial charge in [-0.2, -0.15) is 0 Å². The minimum absolute atomic E-state index is 0.216. The van der Waals surface area contributed by atoms with E-state index in [1.165, 1.54) is 32.0 Å². The van der Waals surface area contributed by atoms with Gasteiger partial charge in [-0.1, -0.05) is 6.07 Å². The molecule has 1 aliphatic rings. The van der Waals surface area contributed by atoms with E-state index in [1.54, 1.807) is 13.0 Å². The zero-order valence-electron chi connectivity index (χ0n) is 11.9. The number of rotatable bonds is 5. The van der Waals surface area contributed by atoms with Crippen LogP contribution in [0, 0.1) is 12.7 Å². The summed E-state index contributed by atoms with van der Waals surface area (Å²) < 4.78 is 13.4. The maximum Gasteiger partial charge on any atom is 0.170 e. The van der Waals surface area contributed by atoms with Crippen molar-refractivity contribution < 1.29 is 4.39 Å². The van der Waals surface area contributed by atoms with Crippen LogP contribution in [0.15, 0.2) is 18.2 Å². The molecule has 0 saturated carbocycles. The highest BCUT2D eigenvalue weighted by atomic mass is 32.1. The first kappa shape index (κ1) is 15.2. The van der Waals surface area contributed by atoms with E-state index in [0.717, 1.165) is 19.5 Å². The van der Waals surface area contributed by atoms with E-state index in [2.05, 4.69) is 15.5 Å². The molecule has 20 heavy (non-hydrogen) atoms. The van der Waals surface area contributed by atoms with Gasteiger partial charge in [0.25, 0.3) is 0 Å². The maximum atomic E-state index is 13.4. The Morgan fingerprint density at radius 2 is 2.10 bits per heavy atom. The Morgan fingerprint density at radius 1 is 1.35 bits per heavy atom. The summed E-state index contributed by atoms with van der Waals surface area (Å²) in [4.78, 5) is 2.48. The highest BCUT2D eigenvalue weighted by Gasteiger charge is 2.10. The second-order valence-corrected chi connectivity index (χ2v) is 5.66. The van der Waals surface area contributed by atoms with Crippen LogP contribution in [-0.2, 0) is 0 Å². The van der Waals surface area contributed by atoms with Gasteiger partial charge in [0.15, 0.2) is 5.11 Å². The molecule has 3 nitrogen and oxygen atoms in total. The number of anilines is 1. The first-order valence-corrected chi connectivity index (χ1v) is 7.59. The van der Waals surface area contributed by atoms with Crippen LogP contribution in [0.4, 0.5) is 10.1 Å². The lowest BCUT2D eigenvalue weighted by Crippen LogP contribution is -2.31. The molecule has 2 N–H and O–H groups in total. The molecule has 1 aromatic rings. The average Bonchev–Trinajstić information content (AvgIpc) is 2.92. The fraction of sp³-hybridized carbons (Fsp3) is 0.533. The molecule has 1 saturated heterocycles. The van der Waals surface area contributed by atoms with Crippen molar-refractivity contribution in [2.24, 2.45) is 0 Å². The summed E-state index contributed by atoms with van der Waals surface area (Å²) in [5, 5.41) is 6.72. The number of halogens is 1. The van der Waals surface area contributed by atoms with Crippen molar-refractivity contribution in [2.45, 2.75) is 26.2 Å². The zero-order chi connectivity index (χ0) is 14.4. The second kappa shape index (κ2) is 7.55. The first-order chi connectivity index (χ1) is 9.65. The fourth-order valence-electron chi connectivity index (χ4n) is 2.36. The van der Waals surface area contributed by atoms with Gasteiger partial charge in [-0.3, -0.25) is 0 Å². The van der Waals surface area contributed by atoms with E-state index in [0.29, 0.717) is 16.4 Å². The van der Waals surface area contributed by atoms with E-state index in [4.69, 9.17) is 12.2 Å². The predicted molar refractivity (Wildman–Crippen MR) is 85.7 cm³/mol. The van der Waals surface area contributed by atoms with Crippen molar-refractivity contribution in [3.8, 4) is 0 Å². The number of hydrogen-bond acceptors (Lipinski definition) is 2. The Labute approximate surface area is 125 Å². The molecule has 1 aliphatic heterocycles. The van der Waals surface area contributed by atoms with Crippen LogP contribution in [0.2, 0.25) is 0 Å². The smallest absolute Gasteiger partial charge is 0.170 e. The van der Waals surface area contributed by atoms with Crippen LogP contribution in [0.1, 0.15) is 24.8 Å². The topological polar surface area (TPSA) is 27.3 Å². The monoisotopic (exact) mass is 295 g/mol. The van der Waals surface area contributed by atoms with Gasteiger partial charge in [0, 0.05) is 12.2 Å². The summed E-state index contributed by atoms with van der Waals surface area (Å²) >= 11 is 5.20. The van der Waals surface area contributed by atoms with Crippen LogP contribution < -0.4 is 10.6 Å². The van der Waals surface area contributed by atoms with Gasteiger partial charge in [0.1, 0.15) is 5.82 Å². The Balaban J connectivity index is 1.65. The first-order valence-electron chi connectivity index (χ1n) is 7.18. The third-order valence-corrected chi connectivity index (χ3v) is 3.81. The molecule has 1 heterocycles. The Bertz CT molecular complexity index is 458. The van der Waals surface area contributed by atoms with E-state index >= 15 is 0 Å². The Kier molecular flexibility index (Phi) is 5.73. The van der Waals surface area contributed by atoms with Crippen LogP contribution in [0.5, 0.6) is 0 Å². The second-order valence-electron chi connectivity index (χ2n) is 5.25. The minimum atomic E-state index is -0.216. The molecule has 5 heteroatoms. The fourth-order valence-corrected chi connectivity index (χ4v) is 2.58. The number of aryl methyl sites for hydroxylation is 1. The van der Waals surface area contributed by atoms with Gasteiger partial charge in [-0.15, -0.1) is 0 Å². The van der Waals surface area contributed by atoms with Crippen molar-refractivity contribution in [1.82, 2.24) is 10.2 Å². The van der Waals surface area contributed by atoms with Crippen LogP contribution in [0.25, 0.3) is 0 Å². The molecule has 2 rings (SSSR count). The molecule has 0 atom stereocenters. The van der Waals surface area contributed by atoms with Crippen molar-refractivity contribution in [3.63, 3.8) is 0 Å². The number of hydrogen-bond donors (Lipinski definition) is 2. The third kappa shape index (κ3) is 4.72. The van der Waals surface area contributed by atoms with Crippen molar-refractivity contribution in [2.75, 3.05) is 31.5 Å². The molecule has 0 amide bonds. The van der Waals surface area contributed by atoms with E-state index in [9.17, 15) is 4.39 Å². The number of nitrogens with one attached hydrogen (secondary N) is 2. The number of nitrogens with zero attached hydrogens (tertiary/aromatic N) is 1. The van der Waals surface area contributed by atoms with Gasteiger partial charge >= 0.3 is 0 Å². The lowest BCUT2D eigenvalue weighted by molar-refractivity contribution is 0.334. The van der Waals surface area contributed by atoms with Crippen molar-refractivity contribution >= 4 is 23.0 Å². The summed E-state index contributed by atoms with van der Waals surface area (Å²) in [5.41, 5.74) is 1.32. The van der Waals surface area contributed by atoms with Gasteiger partial charge in [-0.25, -0.2) is 4.39 Å².